The average molecular weight is 303 g/mol. The molecule has 0 amide bonds. The van der Waals surface area contributed by atoms with E-state index in [2.05, 4.69) is 23.9 Å². The Morgan fingerprint density at radius 1 is 1.14 bits per heavy atom. The minimum Gasteiger partial charge on any atom is -0.489 e. The SMILES string of the molecule is CC(C)C(CNC1CC1)Oc1ccc(OC(F)(F)F)cc1. The summed E-state index contributed by atoms with van der Waals surface area (Å²) in [7, 11) is 0. The summed E-state index contributed by atoms with van der Waals surface area (Å²) in [6.45, 7) is 4.85. The molecule has 2 rings (SSSR count). The summed E-state index contributed by atoms with van der Waals surface area (Å²) < 4.78 is 45.9. The lowest BCUT2D eigenvalue weighted by Crippen LogP contribution is -2.36. The lowest BCUT2D eigenvalue weighted by Gasteiger charge is -2.23. The molecule has 0 bridgehead atoms. The van der Waals surface area contributed by atoms with E-state index in [9.17, 15) is 13.2 Å². The zero-order valence-electron chi connectivity index (χ0n) is 12.1. The predicted molar refractivity (Wildman–Crippen MR) is 73.4 cm³/mol. The van der Waals surface area contributed by atoms with E-state index in [0.717, 1.165) is 6.54 Å². The molecule has 0 spiro atoms. The van der Waals surface area contributed by atoms with Gasteiger partial charge in [0, 0.05) is 12.6 Å². The van der Waals surface area contributed by atoms with E-state index >= 15 is 0 Å². The molecular formula is C15H20F3NO2. The van der Waals surface area contributed by atoms with Crippen molar-refractivity contribution in [1.29, 1.82) is 0 Å². The van der Waals surface area contributed by atoms with Crippen molar-refractivity contribution >= 4 is 0 Å². The van der Waals surface area contributed by atoms with Crippen LogP contribution in [0.1, 0.15) is 26.7 Å². The van der Waals surface area contributed by atoms with Crippen molar-refractivity contribution in [2.45, 2.75) is 45.2 Å². The van der Waals surface area contributed by atoms with Crippen LogP contribution in [0.4, 0.5) is 13.2 Å². The molecule has 1 aromatic rings. The second kappa shape index (κ2) is 6.56. The Hall–Kier alpha value is -1.43. The lowest BCUT2D eigenvalue weighted by atomic mass is 10.1. The van der Waals surface area contributed by atoms with E-state index in [4.69, 9.17) is 4.74 Å². The Morgan fingerprint density at radius 3 is 2.19 bits per heavy atom. The molecular weight excluding hydrogens is 283 g/mol. The Labute approximate surface area is 122 Å². The van der Waals surface area contributed by atoms with E-state index in [1.807, 2.05) is 0 Å². The van der Waals surface area contributed by atoms with Gasteiger partial charge < -0.3 is 14.8 Å². The van der Waals surface area contributed by atoms with E-state index < -0.39 is 6.36 Å². The van der Waals surface area contributed by atoms with Gasteiger partial charge in [-0.15, -0.1) is 13.2 Å². The lowest BCUT2D eigenvalue weighted by molar-refractivity contribution is -0.274. The van der Waals surface area contributed by atoms with Crippen LogP contribution in [0.3, 0.4) is 0 Å². The minimum absolute atomic E-state index is 0.0139. The predicted octanol–water partition coefficient (Wildman–Crippen LogP) is 3.74. The number of rotatable bonds is 7. The van der Waals surface area contributed by atoms with Crippen molar-refractivity contribution in [2.75, 3.05) is 6.54 Å². The van der Waals surface area contributed by atoms with Gasteiger partial charge in [0.05, 0.1) is 0 Å². The first kappa shape index (κ1) is 15.9. The van der Waals surface area contributed by atoms with Crippen molar-refractivity contribution in [1.82, 2.24) is 5.32 Å². The van der Waals surface area contributed by atoms with Gasteiger partial charge in [-0.3, -0.25) is 0 Å². The van der Waals surface area contributed by atoms with Gasteiger partial charge in [-0.25, -0.2) is 0 Å². The molecule has 1 aromatic carbocycles. The topological polar surface area (TPSA) is 30.5 Å². The van der Waals surface area contributed by atoms with E-state index in [1.165, 1.54) is 37.1 Å². The normalized spacial score (nSPS) is 16.9. The monoisotopic (exact) mass is 303 g/mol. The van der Waals surface area contributed by atoms with Gasteiger partial charge in [0.2, 0.25) is 0 Å². The van der Waals surface area contributed by atoms with Crippen molar-refractivity contribution < 1.29 is 22.6 Å². The van der Waals surface area contributed by atoms with E-state index in [-0.39, 0.29) is 11.9 Å². The maximum absolute atomic E-state index is 12.1. The molecule has 1 atom stereocenters. The molecule has 1 aliphatic rings. The third kappa shape index (κ3) is 5.83. The molecule has 1 aliphatic carbocycles. The Kier molecular flexibility index (Phi) is 4.98. The number of nitrogens with one attached hydrogen (secondary N) is 1. The van der Waals surface area contributed by atoms with E-state index in [1.54, 1.807) is 0 Å². The molecule has 118 valence electrons. The average Bonchev–Trinajstić information content (AvgIpc) is 3.18. The first-order valence-electron chi connectivity index (χ1n) is 7.09. The van der Waals surface area contributed by atoms with Gasteiger partial charge in [0.25, 0.3) is 0 Å². The molecule has 1 unspecified atom stereocenters. The molecule has 3 nitrogen and oxygen atoms in total. The first-order valence-corrected chi connectivity index (χ1v) is 7.09. The zero-order valence-corrected chi connectivity index (χ0v) is 12.1. The fourth-order valence-electron chi connectivity index (χ4n) is 1.88. The molecule has 0 saturated heterocycles. The molecule has 6 heteroatoms. The number of hydrogen-bond donors (Lipinski definition) is 1. The van der Waals surface area contributed by atoms with Crippen LogP contribution in [0.15, 0.2) is 24.3 Å². The summed E-state index contributed by atoms with van der Waals surface area (Å²) >= 11 is 0. The summed E-state index contributed by atoms with van der Waals surface area (Å²) in [6, 6.07) is 6.10. The van der Waals surface area contributed by atoms with Gasteiger partial charge in [-0.05, 0) is 43.0 Å². The quantitative estimate of drug-likeness (QED) is 0.832. The Balaban J connectivity index is 1.90. The number of benzene rings is 1. The highest BCUT2D eigenvalue weighted by Crippen LogP contribution is 2.26. The molecule has 21 heavy (non-hydrogen) atoms. The molecule has 1 fully saturated rings. The van der Waals surface area contributed by atoms with Crippen LogP contribution in [0, 0.1) is 5.92 Å². The van der Waals surface area contributed by atoms with Crippen molar-refractivity contribution in [3.63, 3.8) is 0 Å². The third-order valence-corrected chi connectivity index (χ3v) is 3.27. The summed E-state index contributed by atoms with van der Waals surface area (Å²) in [5, 5.41) is 3.40. The van der Waals surface area contributed by atoms with Crippen LogP contribution < -0.4 is 14.8 Å². The summed E-state index contributed by atoms with van der Waals surface area (Å²) in [5.74, 6) is 0.607. The third-order valence-electron chi connectivity index (χ3n) is 3.27. The highest BCUT2D eigenvalue weighted by Gasteiger charge is 2.31. The second-order valence-electron chi connectivity index (χ2n) is 5.60. The Morgan fingerprint density at radius 2 is 1.71 bits per heavy atom. The van der Waals surface area contributed by atoms with Crippen LogP contribution in [0.25, 0.3) is 0 Å². The van der Waals surface area contributed by atoms with Crippen molar-refractivity contribution in [3.05, 3.63) is 24.3 Å². The molecule has 0 radical (unpaired) electrons. The highest BCUT2D eigenvalue weighted by molar-refractivity contribution is 5.31. The van der Waals surface area contributed by atoms with Gasteiger partial charge in [-0.2, -0.15) is 0 Å². The fourth-order valence-corrected chi connectivity index (χ4v) is 1.88. The molecule has 0 heterocycles. The summed E-state index contributed by atoms with van der Waals surface area (Å²) in [6.07, 6.45) is -2.28. The smallest absolute Gasteiger partial charge is 0.489 e. The Bertz CT molecular complexity index is 441. The van der Waals surface area contributed by atoms with Gasteiger partial charge in [-0.1, -0.05) is 13.8 Å². The molecule has 1 N–H and O–H groups in total. The number of halogens is 3. The highest BCUT2D eigenvalue weighted by atomic mass is 19.4. The number of hydrogen-bond acceptors (Lipinski definition) is 3. The van der Waals surface area contributed by atoms with Crippen LogP contribution in [0.5, 0.6) is 11.5 Å². The van der Waals surface area contributed by atoms with Gasteiger partial charge in [0.15, 0.2) is 0 Å². The van der Waals surface area contributed by atoms with Crippen molar-refractivity contribution in [2.24, 2.45) is 5.92 Å². The zero-order chi connectivity index (χ0) is 15.5. The standard InChI is InChI=1S/C15H20F3NO2/c1-10(2)14(9-19-11-3-4-11)20-12-5-7-13(8-6-12)21-15(16,17)18/h5-8,10-11,14,19H,3-4,9H2,1-2H3. The number of ether oxygens (including phenoxy) is 2. The van der Waals surface area contributed by atoms with Crippen LogP contribution in [-0.2, 0) is 0 Å². The first-order chi connectivity index (χ1) is 9.83. The molecule has 0 aromatic heterocycles. The maximum atomic E-state index is 12.1. The molecule has 1 saturated carbocycles. The largest absolute Gasteiger partial charge is 0.573 e. The van der Waals surface area contributed by atoms with Crippen LogP contribution in [0.2, 0.25) is 0 Å². The second-order valence-corrected chi connectivity index (χ2v) is 5.60. The summed E-state index contributed by atoms with van der Waals surface area (Å²) in [4.78, 5) is 0. The van der Waals surface area contributed by atoms with Crippen LogP contribution in [-0.4, -0.2) is 25.1 Å². The van der Waals surface area contributed by atoms with Gasteiger partial charge in [0.1, 0.15) is 17.6 Å². The van der Waals surface area contributed by atoms with Crippen LogP contribution >= 0.6 is 0 Å². The van der Waals surface area contributed by atoms with E-state index in [0.29, 0.717) is 17.7 Å². The minimum atomic E-state index is -4.67. The van der Waals surface area contributed by atoms with Gasteiger partial charge >= 0.3 is 6.36 Å². The number of alkyl halides is 3. The van der Waals surface area contributed by atoms with Crippen molar-refractivity contribution in [3.8, 4) is 11.5 Å². The molecule has 0 aliphatic heterocycles. The fraction of sp³-hybridized carbons (Fsp3) is 0.600. The summed E-state index contributed by atoms with van der Waals surface area (Å²) in [5.41, 5.74) is 0. The maximum Gasteiger partial charge on any atom is 0.573 e.